The maximum atomic E-state index is 5.68. The minimum Gasteiger partial charge on any atom is -0.369 e. The van der Waals surface area contributed by atoms with E-state index in [1.807, 2.05) is 10.8 Å². The van der Waals surface area contributed by atoms with Crippen molar-refractivity contribution in [2.24, 2.45) is 5.41 Å². The highest BCUT2D eigenvalue weighted by Crippen LogP contribution is 2.41. The standard InChI is InChI=1S/C9H15N3/c1-9(3-2-4-9)7-12-6-5-11-8(12)10/h5-6H,2-4,7H2,1H3,(H2,10,11). The molecule has 66 valence electrons. The molecule has 0 aliphatic heterocycles. The number of nitrogens with zero attached hydrogens (tertiary/aromatic N) is 2. The molecule has 0 amide bonds. The number of aromatic nitrogens is 2. The van der Waals surface area contributed by atoms with Crippen LogP contribution in [-0.4, -0.2) is 9.55 Å². The smallest absolute Gasteiger partial charge is 0.200 e. The lowest BCUT2D eigenvalue weighted by Crippen LogP contribution is -2.30. The van der Waals surface area contributed by atoms with Gasteiger partial charge in [0.05, 0.1) is 0 Å². The van der Waals surface area contributed by atoms with Crippen LogP contribution in [0.1, 0.15) is 26.2 Å². The summed E-state index contributed by atoms with van der Waals surface area (Å²) >= 11 is 0. The van der Waals surface area contributed by atoms with Crippen molar-refractivity contribution in [2.45, 2.75) is 32.7 Å². The molecule has 0 bridgehead atoms. The molecular weight excluding hydrogens is 150 g/mol. The number of rotatable bonds is 2. The lowest BCUT2D eigenvalue weighted by molar-refractivity contribution is 0.133. The van der Waals surface area contributed by atoms with Crippen LogP contribution < -0.4 is 5.73 Å². The molecule has 12 heavy (non-hydrogen) atoms. The van der Waals surface area contributed by atoms with Crippen molar-refractivity contribution >= 4 is 5.95 Å². The summed E-state index contributed by atoms with van der Waals surface area (Å²) in [5.74, 6) is 0.642. The maximum Gasteiger partial charge on any atom is 0.200 e. The number of hydrogen-bond donors (Lipinski definition) is 1. The van der Waals surface area contributed by atoms with E-state index in [9.17, 15) is 0 Å². The predicted octanol–water partition coefficient (Wildman–Crippen LogP) is 1.66. The Morgan fingerprint density at radius 3 is 2.83 bits per heavy atom. The maximum absolute atomic E-state index is 5.68. The van der Waals surface area contributed by atoms with E-state index in [1.165, 1.54) is 19.3 Å². The Morgan fingerprint density at radius 2 is 2.42 bits per heavy atom. The average Bonchev–Trinajstić information content (AvgIpc) is 2.34. The van der Waals surface area contributed by atoms with Gasteiger partial charge in [0.1, 0.15) is 0 Å². The molecule has 1 heterocycles. The Morgan fingerprint density at radius 1 is 1.67 bits per heavy atom. The first-order valence-corrected chi connectivity index (χ1v) is 4.46. The molecule has 1 aromatic heterocycles. The van der Waals surface area contributed by atoms with E-state index in [1.54, 1.807) is 6.20 Å². The predicted molar refractivity (Wildman–Crippen MR) is 48.6 cm³/mol. The van der Waals surface area contributed by atoms with E-state index in [-0.39, 0.29) is 0 Å². The van der Waals surface area contributed by atoms with Gasteiger partial charge in [0, 0.05) is 18.9 Å². The Bertz CT molecular complexity index is 273. The summed E-state index contributed by atoms with van der Waals surface area (Å²) in [5.41, 5.74) is 6.16. The van der Waals surface area contributed by atoms with Crippen molar-refractivity contribution in [1.82, 2.24) is 9.55 Å². The Balaban J connectivity index is 2.08. The molecule has 1 aliphatic rings. The third kappa shape index (κ3) is 1.19. The monoisotopic (exact) mass is 165 g/mol. The normalized spacial score (nSPS) is 20.4. The molecule has 0 unspecified atom stereocenters. The lowest BCUT2D eigenvalue weighted by atomic mass is 9.70. The van der Waals surface area contributed by atoms with Crippen molar-refractivity contribution < 1.29 is 0 Å². The van der Waals surface area contributed by atoms with E-state index in [4.69, 9.17) is 5.73 Å². The fourth-order valence-electron chi connectivity index (χ4n) is 1.82. The minimum absolute atomic E-state index is 0.481. The quantitative estimate of drug-likeness (QED) is 0.724. The summed E-state index contributed by atoms with van der Waals surface area (Å²) in [4.78, 5) is 4.00. The van der Waals surface area contributed by atoms with Crippen LogP contribution >= 0.6 is 0 Å². The van der Waals surface area contributed by atoms with Gasteiger partial charge in [-0.15, -0.1) is 0 Å². The largest absolute Gasteiger partial charge is 0.369 e. The molecule has 0 spiro atoms. The fraction of sp³-hybridized carbons (Fsp3) is 0.667. The van der Waals surface area contributed by atoms with Crippen LogP contribution in [0.3, 0.4) is 0 Å². The summed E-state index contributed by atoms with van der Waals surface area (Å²) in [5, 5.41) is 0. The fourth-order valence-corrected chi connectivity index (χ4v) is 1.82. The van der Waals surface area contributed by atoms with E-state index >= 15 is 0 Å². The zero-order valence-corrected chi connectivity index (χ0v) is 7.45. The molecule has 0 atom stereocenters. The van der Waals surface area contributed by atoms with E-state index in [0.717, 1.165) is 6.54 Å². The number of imidazole rings is 1. The SMILES string of the molecule is CC1(Cn2ccnc2N)CCC1. The lowest BCUT2D eigenvalue weighted by Gasteiger charge is -2.38. The molecular formula is C9H15N3. The van der Waals surface area contributed by atoms with Gasteiger partial charge in [0.2, 0.25) is 0 Å². The van der Waals surface area contributed by atoms with Crippen molar-refractivity contribution in [3.63, 3.8) is 0 Å². The van der Waals surface area contributed by atoms with Crippen LogP contribution in [-0.2, 0) is 6.54 Å². The van der Waals surface area contributed by atoms with Gasteiger partial charge in [-0.25, -0.2) is 4.98 Å². The van der Waals surface area contributed by atoms with Crippen molar-refractivity contribution in [2.75, 3.05) is 5.73 Å². The molecule has 2 N–H and O–H groups in total. The van der Waals surface area contributed by atoms with E-state index in [0.29, 0.717) is 11.4 Å². The zero-order valence-electron chi connectivity index (χ0n) is 7.45. The van der Waals surface area contributed by atoms with Crippen LogP contribution in [0.5, 0.6) is 0 Å². The molecule has 0 saturated heterocycles. The second kappa shape index (κ2) is 2.51. The van der Waals surface area contributed by atoms with Crippen LogP contribution in [0.25, 0.3) is 0 Å². The van der Waals surface area contributed by atoms with Crippen LogP contribution in [0, 0.1) is 5.41 Å². The van der Waals surface area contributed by atoms with E-state index in [2.05, 4.69) is 11.9 Å². The van der Waals surface area contributed by atoms with Crippen LogP contribution in [0.4, 0.5) is 5.95 Å². The summed E-state index contributed by atoms with van der Waals surface area (Å²) < 4.78 is 2.04. The molecule has 3 nitrogen and oxygen atoms in total. The molecule has 2 rings (SSSR count). The molecule has 1 fully saturated rings. The van der Waals surface area contributed by atoms with Gasteiger partial charge in [0.15, 0.2) is 5.95 Å². The van der Waals surface area contributed by atoms with Gasteiger partial charge in [-0.2, -0.15) is 0 Å². The molecule has 3 heteroatoms. The molecule has 0 radical (unpaired) electrons. The first-order chi connectivity index (χ1) is 5.70. The summed E-state index contributed by atoms with van der Waals surface area (Å²) in [6, 6.07) is 0. The van der Waals surface area contributed by atoms with Gasteiger partial charge >= 0.3 is 0 Å². The highest BCUT2D eigenvalue weighted by molar-refractivity contribution is 5.17. The number of anilines is 1. The summed E-state index contributed by atoms with van der Waals surface area (Å²) in [6.07, 6.45) is 7.73. The van der Waals surface area contributed by atoms with Crippen molar-refractivity contribution in [1.29, 1.82) is 0 Å². The van der Waals surface area contributed by atoms with Gasteiger partial charge in [-0.3, -0.25) is 0 Å². The number of hydrogen-bond acceptors (Lipinski definition) is 2. The average molecular weight is 165 g/mol. The summed E-state index contributed by atoms with van der Waals surface area (Å²) in [7, 11) is 0. The van der Waals surface area contributed by atoms with Gasteiger partial charge in [-0.05, 0) is 18.3 Å². The number of nitrogen functional groups attached to an aromatic ring is 1. The van der Waals surface area contributed by atoms with Crippen molar-refractivity contribution in [3.8, 4) is 0 Å². The highest BCUT2D eigenvalue weighted by atomic mass is 15.1. The third-order valence-corrected chi connectivity index (χ3v) is 2.86. The third-order valence-electron chi connectivity index (χ3n) is 2.86. The molecule has 1 aliphatic carbocycles. The van der Waals surface area contributed by atoms with Crippen LogP contribution in [0.2, 0.25) is 0 Å². The van der Waals surface area contributed by atoms with Gasteiger partial charge in [-0.1, -0.05) is 13.3 Å². The summed E-state index contributed by atoms with van der Waals surface area (Å²) in [6.45, 7) is 3.34. The van der Waals surface area contributed by atoms with E-state index < -0.39 is 0 Å². The topological polar surface area (TPSA) is 43.8 Å². The first kappa shape index (κ1) is 7.65. The number of nitrogens with two attached hydrogens (primary N) is 1. The Kier molecular flexibility index (Phi) is 1.60. The van der Waals surface area contributed by atoms with Crippen molar-refractivity contribution in [3.05, 3.63) is 12.4 Å². The van der Waals surface area contributed by atoms with Gasteiger partial charge < -0.3 is 10.3 Å². The minimum atomic E-state index is 0.481. The van der Waals surface area contributed by atoms with Gasteiger partial charge in [0.25, 0.3) is 0 Å². The molecule has 1 aromatic rings. The van der Waals surface area contributed by atoms with Crippen LogP contribution in [0.15, 0.2) is 12.4 Å². The first-order valence-electron chi connectivity index (χ1n) is 4.46. The zero-order chi connectivity index (χ0) is 8.60. The second-order valence-electron chi connectivity index (χ2n) is 4.08. The highest BCUT2D eigenvalue weighted by Gasteiger charge is 2.32. The molecule has 0 aromatic carbocycles. The Labute approximate surface area is 72.6 Å². The second-order valence-corrected chi connectivity index (χ2v) is 4.08. The Hall–Kier alpha value is -0.990. The molecule has 1 saturated carbocycles.